The average molecular weight is 380 g/mol. The first kappa shape index (κ1) is 22.4. The van der Waals surface area contributed by atoms with Gasteiger partial charge in [0.15, 0.2) is 11.4 Å². The molecule has 0 unspecified atom stereocenters. The van der Waals surface area contributed by atoms with Crippen molar-refractivity contribution >= 4 is 17.8 Å². The Morgan fingerprint density at radius 2 is 1.85 bits per heavy atom. The van der Waals surface area contributed by atoms with Gasteiger partial charge < -0.3 is 19.5 Å². The van der Waals surface area contributed by atoms with Crippen molar-refractivity contribution in [2.75, 3.05) is 7.11 Å². The van der Waals surface area contributed by atoms with Gasteiger partial charge in [0.25, 0.3) is 5.91 Å². The Hall–Kier alpha value is -2.64. The van der Waals surface area contributed by atoms with Crippen LogP contribution in [0.15, 0.2) is 12.3 Å². The van der Waals surface area contributed by atoms with Crippen molar-refractivity contribution in [3.05, 3.63) is 18.0 Å². The quantitative estimate of drug-likeness (QED) is 0.725. The number of hydrogen-bond acceptors (Lipinski definition) is 7. The molecule has 1 heterocycles. The number of aromatic nitrogens is 1. The summed E-state index contributed by atoms with van der Waals surface area (Å²) in [6.07, 6.45) is 1.74. The predicted molar refractivity (Wildman–Crippen MR) is 98.7 cm³/mol. The molecule has 0 aromatic carbocycles. The van der Waals surface area contributed by atoms with Gasteiger partial charge in [0.2, 0.25) is 5.75 Å². The SMILES string of the molecule is COc1ccnc(C(=O)N[C@@H](C)C(=O)O[C@@H](C)CC(C)(C)C)c1OC(C)=O. The number of nitrogens with one attached hydrogen (secondary N) is 1. The van der Waals surface area contributed by atoms with Crippen LogP contribution < -0.4 is 14.8 Å². The molecule has 0 saturated carbocycles. The van der Waals surface area contributed by atoms with E-state index in [1.165, 1.54) is 33.2 Å². The summed E-state index contributed by atoms with van der Waals surface area (Å²) < 4.78 is 15.5. The summed E-state index contributed by atoms with van der Waals surface area (Å²) in [5.41, 5.74) is -0.151. The summed E-state index contributed by atoms with van der Waals surface area (Å²) in [6, 6.07) is 0.555. The summed E-state index contributed by atoms with van der Waals surface area (Å²) in [5.74, 6) is -1.79. The molecule has 0 aliphatic carbocycles. The zero-order valence-electron chi connectivity index (χ0n) is 16.9. The van der Waals surface area contributed by atoms with Crippen LogP contribution in [0.1, 0.15) is 58.5 Å². The molecule has 0 aliphatic heterocycles. The van der Waals surface area contributed by atoms with E-state index in [4.69, 9.17) is 14.2 Å². The third kappa shape index (κ3) is 7.24. The van der Waals surface area contributed by atoms with Crippen molar-refractivity contribution < 1.29 is 28.6 Å². The van der Waals surface area contributed by atoms with Gasteiger partial charge in [0, 0.05) is 19.2 Å². The van der Waals surface area contributed by atoms with E-state index in [1.54, 1.807) is 6.92 Å². The molecule has 0 bridgehead atoms. The number of pyridine rings is 1. The van der Waals surface area contributed by atoms with Crippen LogP contribution in [0.25, 0.3) is 0 Å². The van der Waals surface area contributed by atoms with Crippen LogP contribution in [-0.4, -0.2) is 42.1 Å². The summed E-state index contributed by atoms with van der Waals surface area (Å²) in [5, 5.41) is 2.51. The molecular formula is C19H28N2O6. The maximum atomic E-state index is 12.5. The van der Waals surface area contributed by atoms with Crippen LogP contribution in [0.4, 0.5) is 0 Å². The first-order valence-electron chi connectivity index (χ1n) is 8.67. The lowest BCUT2D eigenvalue weighted by atomic mass is 9.90. The van der Waals surface area contributed by atoms with Gasteiger partial charge >= 0.3 is 11.9 Å². The standard InChI is InChI=1S/C19H28N2O6/c1-11(10-19(4,5)6)26-18(24)12(2)21-17(23)15-16(27-13(3)22)14(25-7)8-9-20-15/h8-9,11-12H,10H2,1-7H3,(H,21,23)/t11-,12-/m0/s1. The summed E-state index contributed by atoms with van der Waals surface area (Å²) in [4.78, 5) is 40.0. The highest BCUT2D eigenvalue weighted by Crippen LogP contribution is 2.29. The van der Waals surface area contributed by atoms with Crippen molar-refractivity contribution in [3.63, 3.8) is 0 Å². The highest BCUT2D eigenvalue weighted by molar-refractivity contribution is 5.98. The van der Waals surface area contributed by atoms with Crippen LogP contribution in [0, 0.1) is 5.41 Å². The lowest BCUT2D eigenvalue weighted by Gasteiger charge is -2.24. The highest BCUT2D eigenvalue weighted by atomic mass is 16.6. The van der Waals surface area contributed by atoms with E-state index in [9.17, 15) is 14.4 Å². The lowest BCUT2D eigenvalue weighted by molar-refractivity contribution is -0.151. The number of carbonyl (C=O) groups excluding carboxylic acids is 3. The Morgan fingerprint density at radius 3 is 2.37 bits per heavy atom. The molecule has 0 spiro atoms. The number of methoxy groups -OCH3 is 1. The predicted octanol–water partition coefficient (Wildman–Crippen LogP) is 2.50. The molecule has 150 valence electrons. The molecular weight excluding hydrogens is 352 g/mol. The van der Waals surface area contributed by atoms with Gasteiger partial charge in [-0.25, -0.2) is 9.78 Å². The third-order valence-electron chi connectivity index (χ3n) is 3.47. The van der Waals surface area contributed by atoms with Crippen LogP contribution in [-0.2, 0) is 14.3 Å². The van der Waals surface area contributed by atoms with Crippen molar-refractivity contribution in [1.29, 1.82) is 0 Å². The Morgan fingerprint density at radius 1 is 1.22 bits per heavy atom. The molecule has 0 radical (unpaired) electrons. The smallest absolute Gasteiger partial charge is 0.328 e. The number of ether oxygens (including phenoxy) is 3. The van der Waals surface area contributed by atoms with E-state index >= 15 is 0 Å². The molecule has 1 aromatic rings. The van der Waals surface area contributed by atoms with Gasteiger partial charge in [-0.2, -0.15) is 0 Å². The molecule has 2 atom stereocenters. The molecule has 27 heavy (non-hydrogen) atoms. The zero-order valence-corrected chi connectivity index (χ0v) is 16.9. The average Bonchev–Trinajstić information content (AvgIpc) is 2.52. The lowest BCUT2D eigenvalue weighted by Crippen LogP contribution is -2.41. The topological polar surface area (TPSA) is 104 Å². The number of hydrogen-bond donors (Lipinski definition) is 1. The molecule has 0 aliphatic rings. The second kappa shape index (κ2) is 9.34. The van der Waals surface area contributed by atoms with Gasteiger partial charge in [0.05, 0.1) is 13.2 Å². The van der Waals surface area contributed by atoms with Gasteiger partial charge in [-0.05, 0) is 25.7 Å². The zero-order chi connectivity index (χ0) is 20.8. The summed E-state index contributed by atoms with van der Waals surface area (Å²) in [6.45, 7) is 10.7. The Labute approximate surface area is 159 Å². The van der Waals surface area contributed by atoms with Crippen molar-refractivity contribution in [2.24, 2.45) is 5.41 Å². The molecule has 1 N–H and O–H groups in total. The van der Waals surface area contributed by atoms with E-state index in [-0.39, 0.29) is 28.7 Å². The Balaban J connectivity index is 2.86. The van der Waals surface area contributed by atoms with Crippen LogP contribution in [0.2, 0.25) is 0 Å². The fourth-order valence-electron chi connectivity index (χ4n) is 2.52. The molecule has 8 heteroatoms. The summed E-state index contributed by atoms with van der Waals surface area (Å²) in [7, 11) is 1.38. The van der Waals surface area contributed by atoms with Gasteiger partial charge in [-0.3, -0.25) is 9.59 Å². The first-order chi connectivity index (χ1) is 12.4. The van der Waals surface area contributed by atoms with Crippen molar-refractivity contribution in [1.82, 2.24) is 10.3 Å². The minimum Gasteiger partial charge on any atom is -0.493 e. The fourth-order valence-corrected chi connectivity index (χ4v) is 2.52. The molecule has 0 fully saturated rings. The third-order valence-corrected chi connectivity index (χ3v) is 3.47. The second-order valence-electron chi connectivity index (χ2n) is 7.49. The largest absolute Gasteiger partial charge is 0.493 e. The van der Waals surface area contributed by atoms with E-state index in [0.29, 0.717) is 6.42 Å². The Bertz CT molecular complexity index is 696. The summed E-state index contributed by atoms with van der Waals surface area (Å²) >= 11 is 0. The highest BCUT2D eigenvalue weighted by Gasteiger charge is 2.26. The molecule has 0 saturated heterocycles. The maximum absolute atomic E-state index is 12.5. The number of rotatable bonds is 7. The monoisotopic (exact) mass is 380 g/mol. The Kier molecular flexibility index (Phi) is 7.75. The van der Waals surface area contributed by atoms with Gasteiger partial charge in [0.1, 0.15) is 6.04 Å². The minimum absolute atomic E-state index is 0.00955. The van der Waals surface area contributed by atoms with E-state index in [2.05, 4.69) is 10.3 Å². The number of nitrogens with zero attached hydrogens (tertiary/aromatic N) is 1. The normalized spacial score (nSPS) is 13.3. The van der Waals surface area contributed by atoms with Crippen LogP contribution >= 0.6 is 0 Å². The van der Waals surface area contributed by atoms with E-state index < -0.39 is 23.9 Å². The molecule has 8 nitrogen and oxygen atoms in total. The van der Waals surface area contributed by atoms with E-state index in [0.717, 1.165) is 0 Å². The van der Waals surface area contributed by atoms with Crippen molar-refractivity contribution in [3.8, 4) is 11.5 Å². The molecule has 1 amide bonds. The number of amides is 1. The van der Waals surface area contributed by atoms with Crippen LogP contribution in [0.3, 0.4) is 0 Å². The maximum Gasteiger partial charge on any atom is 0.328 e. The van der Waals surface area contributed by atoms with Crippen LogP contribution in [0.5, 0.6) is 11.5 Å². The molecule has 1 rings (SSSR count). The minimum atomic E-state index is -0.905. The molecule has 1 aromatic heterocycles. The van der Waals surface area contributed by atoms with Gasteiger partial charge in [-0.1, -0.05) is 20.8 Å². The van der Waals surface area contributed by atoms with Crippen molar-refractivity contribution in [2.45, 2.75) is 60.1 Å². The number of carbonyl (C=O) groups is 3. The second-order valence-corrected chi connectivity index (χ2v) is 7.49. The number of esters is 2. The fraction of sp³-hybridized carbons (Fsp3) is 0.579. The van der Waals surface area contributed by atoms with Gasteiger partial charge in [-0.15, -0.1) is 0 Å². The first-order valence-corrected chi connectivity index (χ1v) is 8.67. The van der Waals surface area contributed by atoms with E-state index in [1.807, 2.05) is 20.8 Å².